The molecule has 1 aliphatic rings. The molecule has 0 aliphatic carbocycles. The number of imidazole rings is 1. The number of carbonyl (C=O) groups excluding carboxylic acids is 1. The summed E-state index contributed by atoms with van der Waals surface area (Å²) < 4.78 is 4.00. The van der Waals surface area contributed by atoms with Crippen LogP contribution in [0, 0.1) is 6.92 Å². The summed E-state index contributed by atoms with van der Waals surface area (Å²) in [6, 6.07) is 0. The Morgan fingerprint density at radius 2 is 2.33 bits per heavy atom. The third-order valence-corrected chi connectivity index (χ3v) is 4.98. The van der Waals surface area contributed by atoms with Crippen LogP contribution < -0.4 is 10.6 Å². The molecule has 0 bridgehead atoms. The standard InChI is InChI=1S/C15H19N7OS/c1-10-13(22-8-9-24-15(22)18-10)14(23)17-5-3-12-20-19-11-2-4-16-6-7-21(11)12/h8-9,16H,2-7H2,1H3,(H,17,23). The fourth-order valence-electron chi connectivity index (χ4n) is 3.06. The number of nitrogens with zero attached hydrogens (tertiary/aromatic N) is 5. The SMILES string of the molecule is Cc1nc2sccn2c1C(=O)NCCc1nnc2n1CCNCC2. The molecule has 0 spiro atoms. The highest BCUT2D eigenvalue weighted by molar-refractivity contribution is 7.15. The van der Waals surface area contributed by atoms with Crippen molar-refractivity contribution in [2.24, 2.45) is 0 Å². The third-order valence-electron chi connectivity index (χ3n) is 4.23. The second-order valence-corrected chi connectivity index (χ2v) is 6.66. The van der Waals surface area contributed by atoms with Crippen molar-refractivity contribution in [1.82, 2.24) is 34.8 Å². The van der Waals surface area contributed by atoms with E-state index in [2.05, 4.69) is 30.4 Å². The summed E-state index contributed by atoms with van der Waals surface area (Å²) in [5.74, 6) is 1.85. The molecule has 24 heavy (non-hydrogen) atoms. The second kappa shape index (κ2) is 6.33. The normalized spacial score (nSPS) is 14.5. The number of amides is 1. The van der Waals surface area contributed by atoms with Gasteiger partial charge in [-0.3, -0.25) is 9.20 Å². The molecule has 0 unspecified atom stereocenters. The van der Waals surface area contributed by atoms with Crippen LogP contribution in [0.1, 0.15) is 27.8 Å². The average molecular weight is 345 g/mol. The van der Waals surface area contributed by atoms with Crippen molar-refractivity contribution in [3.05, 3.63) is 34.6 Å². The summed E-state index contributed by atoms with van der Waals surface area (Å²) in [6.07, 6.45) is 3.44. The van der Waals surface area contributed by atoms with Crippen molar-refractivity contribution in [1.29, 1.82) is 0 Å². The fraction of sp³-hybridized carbons (Fsp3) is 0.467. The highest BCUT2D eigenvalue weighted by atomic mass is 32.1. The topological polar surface area (TPSA) is 89.1 Å². The van der Waals surface area contributed by atoms with Crippen molar-refractivity contribution in [2.45, 2.75) is 26.3 Å². The van der Waals surface area contributed by atoms with Crippen LogP contribution in [0.3, 0.4) is 0 Å². The molecule has 0 atom stereocenters. The van der Waals surface area contributed by atoms with Gasteiger partial charge in [-0.15, -0.1) is 21.5 Å². The Kier molecular flexibility index (Phi) is 4.03. The smallest absolute Gasteiger partial charge is 0.270 e. The molecule has 0 saturated carbocycles. The zero-order chi connectivity index (χ0) is 16.5. The van der Waals surface area contributed by atoms with Gasteiger partial charge < -0.3 is 15.2 Å². The zero-order valence-electron chi connectivity index (χ0n) is 13.4. The van der Waals surface area contributed by atoms with Gasteiger partial charge in [0, 0.05) is 50.6 Å². The molecule has 126 valence electrons. The molecule has 0 saturated heterocycles. The number of aryl methyl sites for hydroxylation is 1. The third kappa shape index (κ3) is 2.69. The van der Waals surface area contributed by atoms with Gasteiger partial charge in [0.25, 0.3) is 5.91 Å². The Labute approximate surface area is 142 Å². The Hall–Kier alpha value is -2.26. The molecule has 0 aromatic carbocycles. The van der Waals surface area contributed by atoms with Gasteiger partial charge in [-0.05, 0) is 6.92 Å². The van der Waals surface area contributed by atoms with Crippen molar-refractivity contribution in [2.75, 3.05) is 19.6 Å². The number of hydrogen-bond donors (Lipinski definition) is 2. The Balaban J connectivity index is 1.42. The number of thiazole rings is 1. The molecule has 2 N–H and O–H groups in total. The molecule has 3 aromatic heterocycles. The van der Waals surface area contributed by atoms with Crippen molar-refractivity contribution >= 4 is 22.2 Å². The van der Waals surface area contributed by atoms with Crippen LogP contribution in [0.15, 0.2) is 11.6 Å². The van der Waals surface area contributed by atoms with Gasteiger partial charge in [0.1, 0.15) is 17.3 Å². The van der Waals surface area contributed by atoms with Crippen LogP contribution in [0.4, 0.5) is 0 Å². The number of carbonyl (C=O) groups is 1. The van der Waals surface area contributed by atoms with Gasteiger partial charge in [0.15, 0.2) is 4.96 Å². The first-order chi connectivity index (χ1) is 11.7. The molecular weight excluding hydrogens is 326 g/mol. The summed E-state index contributed by atoms with van der Waals surface area (Å²) >= 11 is 1.52. The largest absolute Gasteiger partial charge is 0.350 e. The summed E-state index contributed by atoms with van der Waals surface area (Å²) in [5, 5.41) is 16.8. The van der Waals surface area contributed by atoms with Crippen LogP contribution in [-0.2, 0) is 19.4 Å². The Bertz CT molecular complexity index is 878. The van der Waals surface area contributed by atoms with E-state index in [9.17, 15) is 4.79 Å². The maximum atomic E-state index is 12.5. The van der Waals surface area contributed by atoms with E-state index >= 15 is 0 Å². The van der Waals surface area contributed by atoms with E-state index in [0.29, 0.717) is 18.7 Å². The summed E-state index contributed by atoms with van der Waals surface area (Å²) in [7, 11) is 0. The molecule has 1 amide bonds. The van der Waals surface area contributed by atoms with Crippen LogP contribution in [-0.4, -0.2) is 49.7 Å². The predicted molar refractivity (Wildman–Crippen MR) is 90.4 cm³/mol. The van der Waals surface area contributed by atoms with Gasteiger partial charge in [0.05, 0.1) is 5.69 Å². The van der Waals surface area contributed by atoms with Gasteiger partial charge in [-0.2, -0.15) is 0 Å². The van der Waals surface area contributed by atoms with Crippen LogP contribution in [0.2, 0.25) is 0 Å². The lowest BCUT2D eigenvalue weighted by Gasteiger charge is -2.08. The van der Waals surface area contributed by atoms with Crippen molar-refractivity contribution < 1.29 is 4.79 Å². The average Bonchev–Trinajstić information content (AvgIpc) is 3.17. The molecule has 4 heterocycles. The Morgan fingerprint density at radius 3 is 3.25 bits per heavy atom. The number of rotatable bonds is 4. The lowest BCUT2D eigenvalue weighted by molar-refractivity contribution is 0.0947. The number of nitrogens with one attached hydrogen (secondary N) is 2. The zero-order valence-corrected chi connectivity index (χ0v) is 14.3. The molecule has 0 fully saturated rings. The molecule has 8 nitrogen and oxygen atoms in total. The minimum Gasteiger partial charge on any atom is -0.350 e. The first-order valence-electron chi connectivity index (χ1n) is 8.06. The van der Waals surface area contributed by atoms with Gasteiger partial charge in [0.2, 0.25) is 0 Å². The van der Waals surface area contributed by atoms with E-state index in [-0.39, 0.29) is 5.91 Å². The lowest BCUT2D eigenvalue weighted by Crippen LogP contribution is -2.28. The van der Waals surface area contributed by atoms with Gasteiger partial charge in [-0.25, -0.2) is 4.98 Å². The maximum Gasteiger partial charge on any atom is 0.270 e. The molecule has 0 radical (unpaired) electrons. The van der Waals surface area contributed by atoms with E-state index in [1.165, 1.54) is 11.3 Å². The van der Waals surface area contributed by atoms with Crippen molar-refractivity contribution in [3.8, 4) is 0 Å². The van der Waals surface area contributed by atoms with Crippen LogP contribution >= 0.6 is 11.3 Å². The van der Waals surface area contributed by atoms with Gasteiger partial charge in [-0.1, -0.05) is 0 Å². The first kappa shape index (κ1) is 15.3. The molecule has 4 rings (SSSR count). The Morgan fingerprint density at radius 1 is 1.42 bits per heavy atom. The molecule has 1 aliphatic heterocycles. The van der Waals surface area contributed by atoms with E-state index in [1.54, 1.807) is 0 Å². The van der Waals surface area contributed by atoms with E-state index in [1.807, 2.05) is 22.9 Å². The second-order valence-electron chi connectivity index (χ2n) is 5.79. The first-order valence-corrected chi connectivity index (χ1v) is 8.94. The quantitative estimate of drug-likeness (QED) is 0.715. The summed E-state index contributed by atoms with van der Waals surface area (Å²) in [6.45, 7) is 5.13. The fourth-order valence-corrected chi connectivity index (χ4v) is 3.82. The molecular formula is C15H19N7OS. The summed E-state index contributed by atoms with van der Waals surface area (Å²) in [4.78, 5) is 17.7. The number of fused-ring (bicyclic) bond motifs is 2. The molecule has 9 heteroatoms. The summed E-state index contributed by atoms with van der Waals surface area (Å²) in [5.41, 5.74) is 1.36. The molecule has 3 aromatic rings. The minimum atomic E-state index is -0.101. The number of hydrogen-bond acceptors (Lipinski definition) is 6. The van der Waals surface area contributed by atoms with Crippen LogP contribution in [0.5, 0.6) is 0 Å². The minimum absolute atomic E-state index is 0.101. The predicted octanol–water partition coefficient (Wildman–Crippen LogP) is 0.414. The highest BCUT2D eigenvalue weighted by Gasteiger charge is 2.18. The van der Waals surface area contributed by atoms with Crippen molar-refractivity contribution in [3.63, 3.8) is 0 Å². The number of aromatic nitrogens is 5. The monoisotopic (exact) mass is 345 g/mol. The van der Waals surface area contributed by atoms with E-state index in [0.717, 1.165) is 48.4 Å². The van der Waals surface area contributed by atoms with Gasteiger partial charge >= 0.3 is 0 Å². The van der Waals surface area contributed by atoms with E-state index < -0.39 is 0 Å². The lowest BCUT2D eigenvalue weighted by atomic mass is 10.3. The van der Waals surface area contributed by atoms with Crippen LogP contribution in [0.25, 0.3) is 4.96 Å². The maximum absolute atomic E-state index is 12.5. The highest BCUT2D eigenvalue weighted by Crippen LogP contribution is 2.16. The van der Waals surface area contributed by atoms with E-state index in [4.69, 9.17) is 0 Å².